The highest BCUT2D eigenvalue weighted by atomic mass is 32.2. The molecular formula is C25H43N5O7S. The lowest BCUT2D eigenvalue weighted by Crippen LogP contribution is -2.39. The Morgan fingerprint density at radius 1 is 1.00 bits per heavy atom. The SMILES string of the molecule is COCC1OC(C(=O)NCCNC(=O)CCCCCNC(=O)CCCCC2SCC3NC(=O)NC32)CC1O. The third-order valence-corrected chi connectivity index (χ3v) is 8.59. The van der Waals surface area contributed by atoms with E-state index in [4.69, 9.17) is 9.47 Å². The maximum Gasteiger partial charge on any atom is 0.315 e. The van der Waals surface area contributed by atoms with Crippen LogP contribution in [0.1, 0.15) is 57.8 Å². The van der Waals surface area contributed by atoms with Gasteiger partial charge in [-0.1, -0.05) is 12.8 Å². The molecule has 6 unspecified atom stereocenters. The van der Waals surface area contributed by atoms with E-state index < -0.39 is 18.3 Å². The van der Waals surface area contributed by atoms with Gasteiger partial charge in [0.05, 0.1) is 24.8 Å². The molecule has 6 N–H and O–H groups in total. The molecule has 3 aliphatic rings. The van der Waals surface area contributed by atoms with E-state index in [1.165, 1.54) is 7.11 Å². The Hall–Kier alpha value is -2.09. The summed E-state index contributed by atoms with van der Waals surface area (Å²) in [5, 5.41) is 24.7. The molecule has 0 aromatic heterocycles. The summed E-state index contributed by atoms with van der Waals surface area (Å²) in [7, 11) is 1.51. The van der Waals surface area contributed by atoms with Crippen molar-refractivity contribution in [2.24, 2.45) is 0 Å². The van der Waals surface area contributed by atoms with Gasteiger partial charge in [0, 0.05) is 57.0 Å². The minimum atomic E-state index is -0.727. The number of carbonyl (C=O) groups excluding carboxylic acids is 4. The summed E-state index contributed by atoms with van der Waals surface area (Å²) in [5.74, 6) is 0.634. The van der Waals surface area contributed by atoms with Gasteiger partial charge < -0.3 is 41.2 Å². The van der Waals surface area contributed by atoms with Gasteiger partial charge in [-0.3, -0.25) is 14.4 Å². The fourth-order valence-corrected chi connectivity index (χ4v) is 6.52. The summed E-state index contributed by atoms with van der Waals surface area (Å²) in [4.78, 5) is 47.6. The molecule has 0 aromatic carbocycles. The zero-order valence-corrected chi connectivity index (χ0v) is 23.0. The van der Waals surface area contributed by atoms with Crippen molar-refractivity contribution in [1.82, 2.24) is 26.6 Å². The van der Waals surface area contributed by atoms with Crippen molar-refractivity contribution in [1.29, 1.82) is 0 Å². The van der Waals surface area contributed by atoms with E-state index in [0.717, 1.165) is 44.3 Å². The molecule has 3 saturated heterocycles. The highest BCUT2D eigenvalue weighted by Crippen LogP contribution is 2.33. The summed E-state index contributed by atoms with van der Waals surface area (Å²) in [5.41, 5.74) is 0. The molecule has 0 aromatic rings. The summed E-state index contributed by atoms with van der Waals surface area (Å²) in [6.45, 7) is 1.45. The number of fused-ring (bicyclic) bond motifs is 1. The lowest BCUT2D eigenvalue weighted by molar-refractivity contribution is -0.133. The molecule has 0 saturated carbocycles. The minimum absolute atomic E-state index is 0.0595. The minimum Gasteiger partial charge on any atom is -0.390 e. The second-order valence-electron chi connectivity index (χ2n) is 10.1. The molecule has 0 spiro atoms. The van der Waals surface area contributed by atoms with Crippen molar-refractivity contribution < 1.29 is 33.8 Å². The molecular weight excluding hydrogens is 514 g/mol. The number of carbonyl (C=O) groups is 4. The van der Waals surface area contributed by atoms with Crippen LogP contribution in [0.15, 0.2) is 0 Å². The molecule has 13 heteroatoms. The van der Waals surface area contributed by atoms with Crippen molar-refractivity contribution in [2.45, 2.75) is 93.4 Å². The fourth-order valence-electron chi connectivity index (χ4n) is 4.98. The van der Waals surface area contributed by atoms with E-state index in [1.807, 2.05) is 11.8 Å². The van der Waals surface area contributed by atoms with Gasteiger partial charge in [-0.05, 0) is 25.7 Å². The van der Waals surface area contributed by atoms with Gasteiger partial charge in [-0.25, -0.2) is 4.79 Å². The molecule has 216 valence electrons. The highest BCUT2D eigenvalue weighted by Gasteiger charge is 2.42. The Kier molecular flexibility index (Phi) is 12.9. The Morgan fingerprint density at radius 3 is 2.47 bits per heavy atom. The van der Waals surface area contributed by atoms with E-state index in [9.17, 15) is 24.3 Å². The van der Waals surface area contributed by atoms with Gasteiger partial charge in [-0.15, -0.1) is 0 Å². The molecule has 0 bridgehead atoms. The third-order valence-electron chi connectivity index (χ3n) is 7.08. The van der Waals surface area contributed by atoms with Gasteiger partial charge >= 0.3 is 6.03 Å². The molecule has 5 amide bonds. The Balaban J connectivity index is 1.10. The normalized spacial score (nSPS) is 27.9. The number of amides is 5. The average molecular weight is 558 g/mol. The quantitative estimate of drug-likeness (QED) is 0.105. The predicted molar refractivity (Wildman–Crippen MR) is 143 cm³/mol. The van der Waals surface area contributed by atoms with Crippen LogP contribution in [-0.4, -0.2) is 104 Å². The Morgan fingerprint density at radius 2 is 1.71 bits per heavy atom. The number of aliphatic hydroxyl groups excluding tert-OH is 1. The van der Waals surface area contributed by atoms with Crippen LogP contribution in [0.5, 0.6) is 0 Å². The van der Waals surface area contributed by atoms with Crippen LogP contribution in [0.3, 0.4) is 0 Å². The zero-order valence-electron chi connectivity index (χ0n) is 22.2. The monoisotopic (exact) mass is 557 g/mol. The first-order chi connectivity index (χ1) is 18.4. The topological polar surface area (TPSA) is 167 Å². The maximum absolute atomic E-state index is 12.1. The van der Waals surface area contributed by atoms with E-state index in [0.29, 0.717) is 31.2 Å². The first-order valence-corrected chi connectivity index (χ1v) is 14.7. The average Bonchev–Trinajstić information content (AvgIpc) is 3.56. The largest absolute Gasteiger partial charge is 0.390 e. The van der Waals surface area contributed by atoms with Crippen LogP contribution < -0.4 is 26.6 Å². The lowest BCUT2D eigenvalue weighted by Gasteiger charge is -2.16. The summed E-state index contributed by atoms with van der Waals surface area (Å²) >= 11 is 1.89. The van der Waals surface area contributed by atoms with Crippen LogP contribution in [0, 0.1) is 0 Å². The number of aliphatic hydroxyl groups is 1. The molecule has 6 atom stereocenters. The smallest absolute Gasteiger partial charge is 0.315 e. The third kappa shape index (κ3) is 9.90. The summed E-state index contributed by atoms with van der Waals surface area (Å²) in [6.07, 6.45) is 4.41. The Bertz CT molecular complexity index is 804. The number of hydrogen-bond acceptors (Lipinski definition) is 8. The van der Waals surface area contributed by atoms with E-state index in [-0.39, 0.29) is 55.4 Å². The summed E-state index contributed by atoms with van der Waals surface area (Å²) < 4.78 is 10.5. The summed E-state index contributed by atoms with van der Waals surface area (Å²) in [6, 6.07) is 0.385. The van der Waals surface area contributed by atoms with Crippen LogP contribution in [0.2, 0.25) is 0 Å². The molecule has 3 aliphatic heterocycles. The van der Waals surface area contributed by atoms with E-state index in [1.54, 1.807) is 0 Å². The number of methoxy groups -OCH3 is 1. The van der Waals surface area contributed by atoms with Gasteiger partial charge in [0.15, 0.2) is 0 Å². The molecule has 0 radical (unpaired) electrons. The zero-order chi connectivity index (χ0) is 27.3. The van der Waals surface area contributed by atoms with E-state index in [2.05, 4.69) is 26.6 Å². The number of rotatable bonds is 17. The maximum atomic E-state index is 12.1. The van der Waals surface area contributed by atoms with Crippen LogP contribution in [0.25, 0.3) is 0 Å². The Labute approximate surface area is 228 Å². The molecule has 38 heavy (non-hydrogen) atoms. The number of thioether (sulfide) groups is 1. The first kappa shape index (κ1) is 30.5. The number of ether oxygens (including phenoxy) is 2. The predicted octanol–water partition coefficient (Wildman–Crippen LogP) is -0.214. The van der Waals surface area contributed by atoms with Crippen LogP contribution in [-0.2, 0) is 23.9 Å². The van der Waals surface area contributed by atoms with Gasteiger partial charge in [0.1, 0.15) is 12.2 Å². The van der Waals surface area contributed by atoms with Crippen molar-refractivity contribution in [2.75, 3.05) is 39.1 Å². The number of unbranched alkanes of at least 4 members (excludes halogenated alkanes) is 3. The standard InChI is InChI=1S/C25H43N5O7S/c1-36-14-19-17(31)13-18(37-19)24(34)28-12-11-27-22(33)8-3-2-6-10-26-21(32)9-5-4-7-20-23-16(15-38-20)29-25(35)30-23/h16-20,23,31H,2-15H2,1H3,(H,26,32)(H,27,33)(H,28,34)(H2,29,30,35). The van der Waals surface area contributed by atoms with Gasteiger partial charge in [0.25, 0.3) is 0 Å². The van der Waals surface area contributed by atoms with Crippen molar-refractivity contribution in [3.05, 3.63) is 0 Å². The molecule has 3 fully saturated rings. The van der Waals surface area contributed by atoms with Gasteiger partial charge in [0.2, 0.25) is 17.7 Å². The van der Waals surface area contributed by atoms with Gasteiger partial charge in [-0.2, -0.15) is 11.8 Å². The van der Waals surface area contributed by atoms with Crippen LogP contribution >= 0.6 is 11.8 Å². The number of urea groups is 1. The van der Waals surface area contributed by atoms with E-state index >= 15 is 0 Å². The molecule has 3 heterocycles. The number of nitrogens with one attached hydrogen (secondary N) is 5. The lowest BCUT2D eigenvalue weighted by atomic mass is 10.0. The highest BCUT2D eigenvalue weighted by molar-refractivity contribution is 8.00. The molecule has 0 aliphatic carbocycles. The van der Waals surface area contributed by atoms with Crippen molar-refractivity contribution >= 4 is 35.5 Å². The first-order valence-electron chi connectivity index (χ1n) is 13.7. The van der Waals surface area contributed by atoms with Crippen molar-refractivity contribution in [3.8, 4) is 0 Å². The molecule has 12 nitrogen and oxygen atoms in total. The van der Waals surface area contributed by atoms with Crippen molar-refractivity contribution in [3.63, 3.8) is 0 Å². The fraction of sp³-hybridized carbons (Fsp3) is 0.840. The second-order valence-corrected chi connectivity index (χ2v) is 11.4. The van der Waals surface area contributed by atoms with Crippen LogP contribution in [0.4, 0.5) is 4.79 Å². The number of hydrogen-bond donors (Lipinski definition) is 6. The molecule has 3 rings (SSSR count). The second kappa shape index (κ2) is 16.1.